The van der Waals surface area contributed by atoms with Gasteiger partial charge in [0.1, 0.15) is 6.17 Å². The topological polar surface area (TPSA) is 35.9 Å². The Labute approximate surface area is 175 Å². The number of amides is 1. The smallest absolute Gasteiger partial charge is 0.225 e. The van der Waals surface area contributed by atoms with Crippen molar-refractivity contribution in [2.75, 3.05) is 17.7 Å². The van der Waals surface area contributed by atoms with Gasteiger partial charge in [-0.1, -0.05) is 47.0 Å². The van der Waals surface area contributed by atoms with Crippen LogP contribution in [0.15, 0.2) is 27.7 Å². The number of thioether (sulfide) groups is 1. The van der Waals surface area contributed by atoms with Crippen LogP contribution in [0.25, 0.3) is 0 Å². The van der Waals surface area contributed by atoms with Crippen molar-refractivity contribution in [3.8, 4) is 0 Å². The van der Waals surface area contributed by atoms with Crippen molar-refractivity contribution in [1.29, 1.82) is 0 Å². The molecule has 144 valence electrons. The van der Waals surface area contributed by atoms with Gasteiger partial charge in [0.15, 0.2) is 5.17 Å². The minimum absolute atomic E-state index is 0. The lowest BCUT2D eigenvalue weighted by Crippen LogP contribution is -2.48. The molecular formula is C19H27BrClN3OS. The molecule has 1 saturated heterocycles. The Kier molecular flexibility index (Phi) is 7.86. The number of hydrogen-bond donors (Lipinski definition) is 0. The maximum Gasteiger partial charge on any atom is 0.225 e. The second kappa shape index (κ2) is 9.47. The van der Waals surface area contributed by atoms with Gasteiger partial charge < -0.3 is 4.90 Å². The third-order valence-electron chi connectivity index (χ3n) is 5.03. The van der Waals surface area contributed by atoms with E-state index in [0.717, 1.165) is 26.6 Å². The third-order valence-corrected chi connectivity index (χ3v) is 7.04. The lowest BCUT2D eigenvalue weighted by atomic mass is 9.96. The molecule has 1 aliphatic heterocycles. The highest BCUT2D eigenvalue weighted by Crippen LogP contribution is 2.32. The monoisotopic (exact) mass is 459 g/mol. The Morgan fingerprint density at radius 3 is 2.62 bits per heavy atom. The van der Waals surface area contributed by atoms with E-state index in [1.807, 2.05) is 17.0 Å². The van der Waals surface area contributed by atoms with Gasteiger partial charge in [-0.15, -0.1) is 12.4 Å². The van der Waals surface area contributed by atoms with Crippen LogP contribution in [0.5, 0.6) is 0 Å². The number of hydrogen-bond acceptors (Lipinski definition) is 3. The maximum absolute atomic E-state index is 12.4. The van der Waals surface area contributed by atoms with Gasteiger partial charge in [0.2, 0.25) is 5.91 Å². The average molecular weight is 461 g/mol. The summed E-state index contributed by atoms with van der Waals surface area (Å²) >= 11 is 5.31. The summed E-state index contributed by atoms with van der Waals surface area (Å²) in [4.78, 5) is 21.5. The van der Waals surface area contributed by atoms with E-state index in [-0.39, 0.29) is 24.5 Å². The quantitative estimate of drug-likeness (QED) is 0.620. The van der Waals surface area contributed by atoms with Crippen molar-refractivity contribution in [1.82, 2.24) is 4.90 Å². The van der Waals surface area contributed by atoms with Gasteiger partial charge in [-0.2, -0.15) is 0 Å². The Bertz CT molecular complexity index is 679. The molecule has 4 nitrogen and oxygen atoms in total. The second-order valence-corrected chi connectivity index (χ2v) is 8.77. The summed E-state index contributed by atoms with van der Waals surface area (Å²) in [7, 11) is 2.06. The van der Waals surface area contributed by atoms with Crippen LogP contribution >= 0.6 is 40.1 Å². The molecule has 0 N–H and O–H groups in total. The number of anilines is 1. The molecule has 0 spiro atoms. The standard InChI is InChI=1S/C19H26BrN3OS.ClH/c1-13-11-16(9-10-17(13)20)23(14(2)24)18-12-25-19(22(18)3)21-15-7-5-4-6-8-15;/h9-11,15,18H,4-8,12H2,1-3H3;1H. The summed E-state index contributed by atoms with van der Waals surface area (Å²) < 4.78 is 1.06. The fraction of sp³-hybridized carbons (Fsp3) is 0.579. The van der Waals surface area contributed by atoms with E-state index in [2.05, 4.69) is 40.9 Å². The number of rotatable bonds is 3. The van der Waals surface area contributed by atoms with Gasteiger partial charge in [-0.05, 0) is 43.5 Å². The molecule has 0 radical (unpaired) electrons. The van der Waals surface area contributed by atoms with Gasteiger partial charge in [0.05, 0.1) is 6.04 Å². The fourth-order valence-corrected chi connectivity index (χ4v) is 5.04. The first-order valence-electron chi connectivity index (χ1n) is 8.96. The van der Waals surface area contributed by atoms with E-state index in [1.54, 1.807) is 18.7 Å². The lowest BCUT2D eigenvalue weighted by molar-refractivity contribution is -0.117. The first kappa shape index (κ1) is 21.6. The molecule has 26 heavy (non-hydrogen) atoms. The van der Waals surface area contributed by atoms with Gasteiger partial charge in [0.25, 0.3) is 0 Å². The fourth-order valence-electron chi connectivity index (χ4n) is 3.58. The van der Waals surface area contributed by atoms with Crippen LogP contribution in [0, 0.1) is 6.92 Å². The number of carbonyl (C=O) groups excluding carboxylic acids is 1. The molecule has 1 aromatic rings. The number of nitrogens with zero attached hydrogens (tertiary/aromatic N) is 3. The van der Waals surface area contributed by atoms with Crippen molar-refractivity contribution in [3.63, 3.8) is 0 Å². The molecular weight excluding hydrogens is 434 g/mol. The zero-order valence-electron chi connectivity index (χ0n) is 15.6. The molecule has 1 saturated carbocycles. The highest BCUT2D eigenvalue weighted by molar-refractivity contribution is 9.10. The van der Waals surface area contributed by atoms with E-state index in [9.17, 15) is 4.79 Å². The molecule has 2 fully saturated rings. The number of aliphatic imine (C=N–C) groups is 1. The van der Waals surface area contributed by atoms with Crippen molar-refractivity contribution < 1.29 is 4.79 Å². The van der Waals surface area contributed by atoms with Crippen LogP contribution in [-0.4, -0.2) is 41.0 Å². The van der Waals surface area contributed by atoms with Gasteiger partial charge >= 0.3 is 0 Å². The lowest BCUT2D eigenvalue weighted by Gasteiger charge is -2.33. The van der Waals surface area contributed by atoms with Crippen LogP contribution in [0.3, 0.4) is 0 Å². The predicted octanol–water partition coefficient (Wildman–Crippen LogP) is 5.23. The Balaban J connectivity index is 0.00000243. The largest absolute Gasteiger partial charge is 0.333 e. The second-order valence-electron chi connectivity index (χ2n) is 6.93. The SMILES string of the molecule is CC(=O)N(c1ccc(Br)c(C)c1)C1CSC(=NC2CCCCC2)N1C.Cl. The van der Waals surface area contributed by atoms with E-state index in [1.165, 1.54) is 32.1 Å². The summed E-state index contributed by atoms with van der Waals surface area (Å²) in [6.45, 7) is 3.70. The van der Waals surface area contributed by atoms with E-state index >= 15 is 0 Å². The maximum atomic E-state index is 12.4. The minimum Gasteiger partial charge on any atom is -0.333 e. The Morgan fingerprint density at radius 1 is 1.31 bits per heavy atom. The average Bonchev–Trinajstić information content (AvgIpc) is 2.93. The highest BCUT2D eigenvalue weighted by atomic mass is 79.9. The summed E-state index contributed by atoms with van der Waals surface area (Å²) in [5, 5.41) is 1.08. The van der Waals surface area contributed by atoms with E-state index in [0.29, 0.717) is 6.04 Å². The third kappa shape index (κ3) is 4.76. The van der Waals surface area contributed by atoms with Crippen LogP contribution < -0.4 is 4.90 Å². The van der Waals surface area contributed by atoms with Crippen LogP contribution in [0.4, 0.5) is 5.69 Å². The normalized spacial score (nSPS) is 22.4. The molecule has 1 aliphatic carbocycles. The molecule has 1 heterocycles. The summed E-state index contributed by atoms with van der Waals surface area (Å²) in [5.41, 5.74) is 2.08. The van der Waals surface area contributed by atoms with Crippen LogP contribution in [0.1, 0.15) is 44.6 Å². The number of halogens is 2. The molecule has 1 amide bonds. The summed E-state index contributed by atoms with van der Waals surface area (Å²) in [6, 6.07) is 6.55. The highest BCUT2D eigenvalue weighted by Gasteiger charge is 2.35. The molecule has 7 heteroatoms. The Morgan fingerprint density at radius 2 is 2.00 bits per heavy atom. The van der Waals surface area contributed by atoms with Gasteiger partial charge in [-0.3, -0.25) is 14.7 Å². The molecule has 1 aromatic carbocycles. The Hall–Kier alpha value is -0.720. The molecule has 2 aliphatic rings. The zero-order chi connectivity index (χ0) is 18.0. The number of aryl methyl sites for hydroxylation is 1. The summed E-state index contributed by atoms with van der Waals surface area (Å²) in [6.07, 6.45) is 6.34. The minimum atomic E-state index is 0. The summed E-state index contributed by atoms with van der Waals surface area (Å²) in [5.74, 6) is 0.926. The van der Waals surface area contributed by atoms with Gasteiger partial charge in [-0.25, -0.2) is 0 Å². The number of carbonyl (C=O) groups is 1. The van der Waals surface area contributed by atoms with Gasteiger partial charge in [0, 0.05) is 29.9 Å². The van der Waals surface area contributed by atoms with Crippen molar-refractivity contribution >= 4 is 56.9 Å². The van der Waals surface area contributed by atoms with Crippen molar-refractivity contribution in [3.05, 3.63) is 28.2 Å². The van der Waals surface area contributed by atoms with Crippen molar-refractivity contribution in [2.45, 2.75) is 58.2 Å². The molecule has 1 unspecified atom stereocenters. The first-order valence-corrected chi connectivity index (χ1v) is 10.7. The van der Waals surface area contributed by atoms with E-state index < -0.39 is 0 Å². The predicted molar refractivity (Wildman–Crippen MR) is 118 cm³/mol. The zero-order valence-corrected chi connectivity index (χ0v) is 18.8. The van der Waals surface area contributed by atoms with Crippen LogP contribution in [0.2, 0.25) is 0 Å². The molecule has 0 aromatic heterocycles. The van der Waals surface area contributed by atoms with Crippen molar-refractivity contribution in [2.24, 2.45) is 4.99 Å². The number of amidine groups is 1. The molecule has 1 atom stereocenters. The molecule has 3 rings (SSSR count). The first-order chi connectivity index (χ1) is 12.0. The van der Waals surface area contributed by atoms with Crippen LogP contribution in [-0.2, 0) is 4.79 Å². The molecule has 0 bridgehead atoms. The number of benzene rings is 1. The van der Waals surface area contributed by atoms with E-state index in [4.69, 9.17) is 4.99 Å².